The van der Waals surface area contributed by atoms with Gasteiger partial charge in [0.25, 0.3) is 11.8 Å². The molecule has 152 valence electrons. The van der Waals surface area contributed by atoms with Crippen LogP contribution in [0.25, 0.3) is 5.70 Å². The molecule has 31 heavy (non-hydrogen) atoms. The van der Waals surface area contributed by atoms with Crippen molar-refractivity contribution in [1.82, 2.24) is 10.6 Å². The number of fused-ring (bicyclic) bond motifs is 1. The molecule has 0 aliphatic carbocycles. The molecule has 0 saturated carbocycles. The maximum Gasteiger partial charge on any atom is 0.264 e. The number of aliphatic imine (C=N–C) groups is 1. The molecule has 0 radical (unpaired) electrons. The van der Waals surface area contributed by atoms with Crippen LogP contribution in [0.5, 0.6) is 0 Å². The van der Waals surface area contributed by atoms with Crippen molar-refractivity contribution >= 4 is 39.3 Å². The first-order valence-corrected chi connectivity index (χ1v) is 10.1. The maximum absolute atomic E-state index is 12.7. The Morgan fingerprint density at radius 2 is 1.87 bits per heavy atom. The molecular weight excluding hydrogens is 460 g/mol. The molecule has 0 bridgehead atoms. The molecular formula is C23H15BrN4O3. The third-order valence-electron chi connectivity index (χ3n) is 4.56. The van der Waals surface area contributed by atoms with Gasteiger partial charge in [-0.25, -0.2) is 4.99 Å². The smallest absolute Gasteiger partial charge is 0.264 e. The van der Waals surface area contributed by atoms with Crippen molar-refractivity contribution in [2.45, 2.75) is 6.54 Å². The number of nitriles is 1. The van der Waals surface area contributed by atoms with Crippen LogP contribution in [0.4, 0.5) is 0 Å². The summed E-state index contributed by atoms with van der Waals surface area (Å²) in [6, 6.07) is 19.4. The van der Waals surface area contributed by atoms with E-state index in [-0.39, 0.29) is 29.6 Å². The van der Waals surface area contributed by atoms with Gasteiger partial charge < -0.3 is 15.1 Å². The predicted molar refractivity (Wildman–Crippen MR) is 118 cm³/mol. The zero-order chi connectivity index (χ0) is 21.8. The lowest BCUT2D eigenvalue weighted by molar-refractivity contribution is -0.117. The minimum absolute atomic E-state index is 0.141. The van der Waals surface area contributed by atoms with Crippen LogP contribution in [0.15, 0.2) is 86.4 Å². The predicted octanol–water partition coefficient (Wildman–Crippen LogP) is 3.78. The van der Waals surface area contributed by atoms with E-state index in [2.05, 4.69) is 31.6 Å². The van der Waals surface area contributed by atoms with Gasteiger partial charge in [-0.3, -0.25) is 9.59 Å². The highest BCUT2D eigenvalue weighted by Gasteiger charge is 2.27. The van der Waals surface area contributed by atoms with Gasteiger partial charge in [-0.05, 0) is 30.3 Å². The lowest BCUT2D eigenvalue weighted by atomic mass is 10.0. The minimum atomic E-state index is -0.577. The molecule has 1 aromatic heterocycles. The zero-order valence-corrected chi connectivity index (χ0v) is 17.6. The SMILES string of the molecule is N#CC(C(=O)NCc1ccco1)=C1N=C(NC(=O)c2cccc(Br)c2)c2ccccc21. The van der Waals surface area contributed by atoms with E-state index < -0.39 is 5.91 Å². The average Bonchev–Trinajstić information content (AvgIpc) is 3.42. The van der Waals surface area contributed by atoms with Crippen LogP contribution in [0.2, 0.25) is 0 Å². The first-order chi connectivity index (χ1) is 15.1. The lowest BCUT2D eigenvalue weighted by Gasteiger charge is -2.06. The van der Waals surface area contributed by atoms with Crippen molar-refractivity contribution in [1.29, 1.82) is 5.26 Å². The first kappa shape index (κ1) is 20.3. The van der Waals surface area contributed by atoms with Gasteiger partial charge in [0.1, 0.15) is 23.2 Å². The Morgan fingerprint density at radius 3 is 2.58 bits per heavy atom. The highest BCUT2D eigenvalue weighted by Crippen LogP contribution is 2.30. The summed E-state index contributed by atoms with van der Waals surface area (Å²) in [5, 5.41) is 15.1. The van der Waals surface area contributed by atoms with Crippen molar-refractivity contribution in [2.75, 3.05) is 0 Å². The third-order valence-corrected chi connectivity index (χ3v) is 5.05. The van der Waals surface area contributed by atoms with E-state index in [0.717, 1.165) is 4.47 Å². The number of amidine groups is 1. The Balaban J connectivity index is 1.65. The Hall–Kier alpha value is -3.96. The second-order valence-electron chi connectivity index (χ2n) is 6.57. The number of furan rings is 1. The maximum atomic E-state index is 12.7. The standard InChI is InChI=1S/C23H15BrN4O3/c24-15-6-3-5-14(11-15)22(29)28-21-18-9-2-1-8-17(18)20(27-21)19(12-25)23(30)26-13-16-7-4-10-31-16/h1-11H,13H2,(H,26,30)(H,27,28,29). The van der Waals surface area contributed by atoms with Crippen molar-refractivity contribution in [3.05, 3.63) is 99.4 Å². The van der Waals surface area contributed by atoms with Crippen molar-refractivity contribution in [3.63, 3.8) is 0 Å². The summed E-state index contributed by atoms with van der Waals surface area (Å²) in [6.07, 6.45) is 1.50. The van der Waals surface area contributed by atoms with Gasteiger partial charge in [0.15, 0.2) is 0 Å². The molecule has 0 saturated heterocycles. The molecule has 0 fully saturated rings. The van der Waals surface area contributed by atoms with E-state index in [1.54, 1.807) is 54.6 Å². The molecule has 2 aromatic carbocycles. The average molecular weight is 475 g/mol. The van der Waals surface area contributed by atoms with Gasteiger partial charge in [0.2, 0.25) is 0 Å². The fraction of sp³-hybridized carbons (Fsp3) is 0.0435. The van der Waals surface area contributed by atoms with E-state index in [4.69, 9.17) is 4.42 Å². The van der Waals surface area contributed by atoms with Gasteiger partial charge >= 0.3 is 0 Å². The Labute approximate surface area is 186 Å². The number of nitrogens with zero attached hydrogens (tertiary/aromatic N) is 2. The van der Waals surface area contributed by atoms with E-state index >= 15 is 0 Å². The Kier molecular flexibility index (Phi) is 5.78. The van der Waals surface area contributed by atoms with Crippen LogP contribution in [-0.4, -0.2) is 17.6 Å². The van der Waals surface area contributed by atoms with Crippen LogP contribution in [0, 0.1) is 11.3 Å². The second-order valence-corrected chi connectivity index (χ2v) is 7.48. The van der Waals surface area contributed by atoms with Crippen LogP contribution < -0.4 is 10.6 Å². The van der Waals surface area contributed by atoms with E-state index in [0.29, 0.717) is 22.5 Å². The van der Waals surface area contributed by atoms with Crippen LogP contribution in [0.1, 0.15) is 27.2 Å². The number of benzene rings is 2. The number of nitrogens with one attached hydrogen (secondary N) is 2. The van der Waals surface area contributed by atoms with E-state index in [1.165, 1.54) is 6.26 Å². The van der Waals surface area contributed by atoms with Crippen molar-refractivity contribution < 1.29 is 14.0 Å². The van der Waals surface area contributed by atoms with Gasteiger partial charge in [-0.15, -0.1) is 0 Å². The fourth-order valence-corrected chi connectivity index (χ4v) is 3.50. The highest BCUT2D eigenvalue weighted by molar-refractivity contribution is 9.10. The number of carbonyl (C=O) groups is 2. The van der Waals surface area contributed by atoms with E-state index in [9.17, 15) is 14.9 Å². The van der Waals surface area contributed by atoms with Gasteiger partial charge in [0, 0.05) is 21.2 Å². The topological polar surface area (TPSA) is 107 Å². The Morgan fingerprint density at radius 1 is 1.06 bits per heavy atom. The number of halogens is 1. The molecule has 1 aliphatic rings. The number of hydrogen-bond donors (Lipinski definition) is 2. The van der Waals surface area contributed by atoms with Crippen molar-refractivity contribution in [2.24, 2.45) is 4.99 Å². The zero-order valence-electron chi connectivity index (χ0n) is 16.1. The molecule has 0 spiro atoms. The second kappa shape index (κ2) is 8.81. The van der Waals surface area contributed by atoms with Crippen molar-refractivity contribution in [3.8, 4) is 6.07 Å². The molecule has 0 atom stereocenters. The molecule has 1 aliphatic heterocycles. The molecule has 4 rings (SSSR count). The van der Waals surface area contributed by atoms with Crippen LogP contribution in [-0.2, 0) is 11.3 Å². The first-order valence-electron chi connectivity index (χ1n) is 9.27. The van der Waals surface area contributed by atoms with E-state index in [1.807, 2.05) is 12.1 Å². The number of hydrogen-bond acceptors (Lipinski definition) is 5. The number of carbonyl (C=O) groups excluding carboxylic acids is 2. The summed E-state index contributed by atoms with van der Waals surface area (Å²) in [6.45, 7) is 0.141. The monoisotopic (exact) mass is 474 g/mol. The Bertz CT molecular complexity index is 1270. The molecule has 2 heterocycles. The van der Waals surface area contributed by atoms with Crippen LogP contribution >= 0.6 is 15.9 Å². The minimum Gasteiger partial charge on any atom is -0.467 e. The quantitative estimate of drug-likeness (QED) is 0.442. The summed E-state index contributed by atoms with van der Waals surface area (Å²) >= 11 is 3.35. The van der Waals surface area contributed by atoms with Gasteiger partial charge in [0.05, 0.1) is 18.5 Å². The van der Waals surface area contributed by atoms with Crippen LogP contribution in [0.3, 0.4) is 0 Å². The molecule has 2 N–H and O–H groups in total. The highest BCUT2D eigenvalue weighted by atomic mass is 79.9. The largest absolute Gasteiger partial charge is 0.467 e. The normalized spacial score (nSPS) is 13.6. The third kappa shape index (κ3) is 4.32. The summed E-state index contributed by atoms with van der Waals surface area (Å²) in [4.78, 5) is 29.8. The molecule has 3 aromatic rings. The number of rotatable bonds is 4. The number of amides is 2. The summed E-state index contributed by atoms with van der Waals surface area (Å²) in [5.74, 6) is -0.0843. The van der Waals surface area contributed by atoms with Gasteiger partial charge in [-0.1, -0.05) is 46.3 Å². The fourth-order valence-electron chi connectivity index (χ4n) is 3.10. The molecule has 8 heteroatoms. The molecule has 7 nitrogen and oxygen atoms in total. The summed E-state index contributed by atoms with van der Waals surface area (Å²) < 4.78 is 5.97. The molecule has 2 amide bonds. The summed E-state index contributed by atoms with van der Waals surface area (Å²) in [5.41, 5.74) is 1.73. The summed E-state index contributed by atoms with van der Waals surface area (Å²) in [7, 11) is 0. The molecule has 0 unspecified atom stereocenters. The lowest BCUT2D eigenvalue weighted by Crippen LogP contribution is -2.30. The van der Waals surface area contributed by atoms with Gasteiger partial charge in [-0.2, -0.15) is 5.26 Å².